The molecule has 3 N–H and O–H groups in total. The number of nitro benzene ring substituents is 1. The summed E-state index contributed by atoms with van der Waals surface area (Å²) in [6.45, 7) is 7.08. The summed E-state index contributed by atoms with van der Waals surface area (Å²) in [6, 6.07) is 3.07. The average Bonchev–Trinajstić information content (AvgIpc) is 2.32. The molecular formula is C13H19N3O3. The van der Waals surface area contributed by atoms with Crippen LogP contribution in [0.5, 0.6) is 0 Å². The molecule has 1 aromatic carbocycles. The van der Waals surface area contributed by atoms with Gasteiger partial charge in [-0.3, -0.25) is 14.9 Å². The molecule has 0 heterocycles. The SMILES string of the molecule is Cc1cc([N+](=O)[O-])c(C)cc1NC(=O)C(C)(C)CN. The van der Waals surface area contributed by atoms with Crippen molar-refractivity contribution in [2.24, 2.45) is 11.1 Å². The molecule has 104 valence electrons. The minimum absolute atomic E-state index is 0.0496. The van der Waals surface area contributed by atoms with Crippen LogP contribution in [-0.2, 0) is 4.79 Å². The van der Waals surface area contributed by atoms with Gasteiger partial charge in [0.05, 0.1) is 10.3 Å². The maximum absolute atomic E-state index is 12.0. The fraction of sp³-hybridized carbons (Fsp3) is 0.462. The summed E-state index contributed by atoms with van der Waals surface area (Å²) in [5.74, 6) is -0.202. The van der Waals surface area contributed by atoms with Gasteiger partial charge in [-0.15, -0.1) is 0 Å². The fourth-order valence-corrected chi connectivity index (χ4v) is 1.52. The van der Waals surface area contributed by atoms with E-state index >= 15 is 0 Å². The standard InChI is InChI=1S/C13H19N3O3/c1-8-6-11(16(18)19)9(2)5-10(8)15-12(17)13(3,4)7-14/h5-6H,7,14H2,1-4H3,(H,15,17). The van der Waals surface area contributed by atoms with Crippen LogP contribution in [0, 0.1) is 29.4 Å². The number of hydrogen-bond donors (Lipinski definition) is 2. The highest BCUT2D eigenvalue weighted by Gasteiger charge is 2.26. The van der Waals surface area contributed by atoms with E-state index in [4.69, 9.17) is 5.73 Å². The van der Waals surface area contributed by atoms with E-state index in [0.29, 0.717) is 16.8 Å². The van der Waals surface area contributed by atoms with E-state index in [0.717, 1.165) is 0 Å². The van der Waals surface area contributed by atoms with Crippen molar-refractivity contribution < 1.29 is 9.72 Å². The number of aryl methyl sites for hydroxylation is 2. The first kappa shape index (κ1) is 15.1. The molecule has 0 fully saturated rings. The minimum atomic E-state index is -0.678. The van der Waals surface area contributed by atoms with Gasteiger partial charge in [0.15, 0.2) is 0 Å². The first-order valence-electron chi connectivity index (χ1n) is 5.96. The van der Waals surface area contributed by atoms with Crippen LogP contribution in [0.1, 0.15) is 25.0 Å². The first-order valence-corrected chi connectivity index (χ1v) is 5.96. The second-order valence-corrected chi connectivity index (χ2v) is 5.25. The average molecular weight is 265 g/mol. The van der Waals surface area contributed by atoms with Crippen LogP contribution >= 0.6 is 0 Å². The van der Waals surface area contributed by atoms with Gasteiger partial charge in [0.1, 0.15) is 0 Å². The van der Waals surface area contributed by atoms with Crippen LogP contribution in [0.3, 0.4) is 0 Å². The van der Waals surface area contributed by atoms with E-state index in [2.05, 4.69) is 5.32 Å². The van der Waals surface area contributed by atoms with Crippen LogP contribution in [0.15, 0.2) is 12.1 Å². The molecule has 0 aliphatic rings. The second kappa shape index (κ2) is 5.36. The van der Waals surface area contributed by atoms with E-state index in [9.17, 15) is 14.9 Å². The second-order valence-electron chi connectivity index (χ2n) is 5.25. The maximum atomic E-state index is 12.0. The highest BCUT2D eigenvalue weighted by molar-refractivity contribution is 5.95. The zero-order valence-corrected chi connectivity index (χ0v) is 11.6. The normalized spacial score (nSPS) is 11.2. The lowest BCUT2D eigenvalue weighted by Gasteiger charge is -2.22. The third kappa shape index (κ3) is 3.29. The zero-order valence-electron chi connectivity index (χ0n) is 11.6. The number of anilines is 1. The maximum Gasteiger partial charge on any atom is 0.272 e. The van der Waals surface area contributed by atoms with Gasteiger partial charge in [-0.05, 0) is 39.3 Å². The molecule has 0 atom stereocenters. The molecule has 0 spiro atoms. The van der Waals surface area contributed by atoms with Crippen LogP contribution in [0.2, 0.25) is 0 Å². The number of amides is 1. The first-order chi connectivity index (χ1) is 8.69. The molecule has 0 saturated heterocycles. The Labute approximate surface area is 112 Å². The van der Waals surface area contributed by atoms with E-state index in [-0.39, 0.29) is 18.1 Å². The summed E-state index contributed by atoms with van der Waals surface area (Å²) < 4.78 is 0. The van der Waals surface area contributed by atoms with E-state index in [1.165, 1.54) is 6.07 Å². The van der Waals surface area contributed by atoms with Crippen molar-refractivity contribution in [3.8, 4) is 0 Å². The molecule has 0 aliphatic heterocycles. The molecule has 0 radical (unpaired) electrons. The number of carbonyl (C=O) groups is 1. The smallest absolute Gasteiger partial charge is 0.272 e. The molecule has 1 aromatic rings. The number of hydrogen-bond acceptors (Lipinski definition) is 4. The predicted molar refractivity (Wildman–Crippen MR) is 74.0 cm³/mol. The van der Waals surface area contributed by atoms with Gasteiger partial charge >= 0.3 is 0 Å². The van der Waals surface area contributed by atoms with Crippen LogP contribution < -0.4 is 11.1 Å². The van der Waals surface area contributed by atoms with Crippen molar-refractivity contribution in [2.75, 3.05) is 11.9 Å². The molecule has 1 amide bonds. The van der Waals surface area contributed by atoms with E-state index in [1.54, 1.807) is 33.8 Å². The van der Waals surface area contributed by atoms with Gasteiger partial charge in [0, 0.05) is 23.9 Å². The Kier molecular flexibility index (Phi) is 4.26. The minimum Gasteiger partial charge on any atom is -0.329 e. The van der Waals surface area contributed by atoms with Crippen molar-refractivity contribution in [1.82, 2.24) is 0 Å². The Morgan fingerprint density at radius 1 is 1.37 bits per heavy atom. The number of benzene rings is 1. The lowest BCUT2D eigenvalue weighted by Crippen LogP contribution is -2.37. The fourth-order valence-electron chi connectivity index (χ4n) is 1.52. The third-order valence-electron chi connectivity index (χ3n) is 3.11. The molecule has 19 heavy (non-hydrogen) atoms. The molecule has 0 unspecified atom stereocenters. The van der Waals surface area contributed by atoms with Gasteiger partial charge in [-0.2, -0.15) is 0 Å². The van der Waals surface area contributed by atoms with Crippen molar-refractivity contribution in [3.63, 3.8) is 0 Å². The summed E-state index contributed by atoms with van der Waals surface area (Å²) in [5.41, 5.74) is 6.65. The van der Waals surface area contributed by atoms with Crippen molar-refractivity contribution in [1.29, 1.82) is 0 Å². The number of nitrogens with two attached hydrogens (primary N) is 1. The van der Waals surface area contributed by atoms with Gasteiger partial charge in [-0.25, -0.2) is 0 Å². The zero-order chi connectivity index (χ0) is 14.8. The largest absolute Gasteiger partial charge is 0.329 e. The lowest BCUT2D eigenvalue weighted by molar-refractivity contribution is -0.385. The number of rotatable bonds is 4. The quantitative estimate of drug-likeness (QED) is 0.643. The van der Waals surface area contributed by atoms with E-state index in [1.807, 2.05) is 0 Å². The molecule has 1 rings (SSSR count). The van der Waals surface area contributed by atoms with Crippen molar-refractivity contribution in [3.05, 3.63) is 33.4 Å². The highest BCUT2D eigenvalue weighted by atomic mass is 16.6. The Bertz CT molecular complexity index is 524. The number of carbonyl (C=O) groups excluding carboxylic acids is 1. The summed E-state index contributed by atoms with van der Waals surface area (Å²) in [7, 11) is 0. The van der Waals surface area contributed by atoms with Crippen LogP contribution in [0.25, 0.3) is 0 Å². The Balaban J connectivity index is 3.08. The van der Waals surface area contributed by atoms with E-state index < -0.39 is 10.3 Å². The monoisotopic (exact) mass is 265 g/mol. The summed E-state index contributed by atoms with van der Waals surface area (Å²) in [4.78, 5) is 22.4. The highest BCUT2D eigenvalue weighted by Crippen LogP contribution is 2.27. The molecule has 0 aliphatic carbocycles. The predicted octanol–water partition coefficient (Wildman–Crippen LogP) is 2.14. The molecule has 6 nitrogen and oxygen atoms in total. The molecule has 0 aromatic heterocycles. The molecule has 6 heteroatoms. The number of nitro groups is 1. The molecule has 0 saturated carbocycles. The Morgan fingerprint density at radius 2 is 1.95 bits per heavy atom. The van der Waals surface area contributed by atoms with Crippen LogP contribution in [-0.4, -0.2) is 17.4 Å². The van der Waals surface area contributed by atoms with Crippen molar-refractivity contribution >= 4 is 17.3 Å². The lowest BCUT2D eigenvalue weighted by atomic mass is 9.92. The van der Waals surface area contributed by atoms with Crippen LogP contribution in [0.4, 0.5) is 11.4 Å². The topological polar surface area (TPSA) is 98.3 Å². The summed E-state index contributed by atoms with van der Waals surface area (Å²) in [6.07, 6.45) is 0. The summed E-state index contributed by atoms with van der Waals surface area (Å²) in [5, 5.41) is 13.6. The Morgan fingerprint density at radius 3 is 2.42 bits per heavy atom. The van der Waals surface area contributed by atoms with Gasteiger partial charge in [0.2, 0.25) is 5.91 Å². The number of nitrogens with one attached hydrogen (secondary N) is 1. The third-order valence-corrected chi connectivity index (χ3v) is 3.11. The number of nitrogens with zero attached hydrogens (tertiary/aromatic N) is 1. The van der Waals surface area contributed by atoms with Gasteiger partial charge < -0.3 is 11.1 Å². The van der Waals surface area contributed by atoms with Crippen molar-refractivity contribution in [2.45, 2.75) is 27.7 Å². The molecular weight excluding hydrogens is 246 g/mol. The summed E-state index contributed by atoms with van der Waals surface area (Å²) >= 11 is 0. The van der Waals surface area contributed by atoms with Gasteiger partial charge in [0.25, 0.3) is 5.69 Å². The Hall–Kier alpha value is -1.95. The van der Waals surface area contributed by atoms with Gasteiger partial charge in [-0.1, -0.05) is 0 Å². The molecule has 0 bridgehead atoms.